The standard InChI is InChI=1S/C22H18N2O/c1-16-11-13-17(14-12-16)15-24-20-10-6-5-9-19(20)21(23-22(24)25)18-7-3-2-4-8-18/h2-14H,15H2,1H3. The lowest BCUT2D eigenvalue weighted by Gasteiger charge is -2.13. The highest BCUT2D eigenvalue weighted by Gasteiger charge is 2.11. The van der Waals surface area contributed by atoms with Gasteiger partial charge in [0.2, 0.25) is 0 Å². The van der Waals surface area contributed by atoms with E-state index in [1.165, 1.54) is 5.56 Å². The summed E-state index contributed by atoms with van der Waals surface area (Å²) < 4.78 is 1.74. The van der Waals surface area contributed by atoms with Crippen LogP contribution in [0, 0.1) is 6.92 Å². The van der Waals surface area contributed by atoms with Gasteiger partial charge in [-0.15, -0.1) is 0 Å². The van der Waals surface area contributed by atoms with Gasteiger partial charge in [0, 0.05) is 10.9 Å². The highest BCUT2D eigenvalue weighted by Crippen LogP contribution is 2.25. The van der Waals surface area contributed by atoms with E-state index < -0.39 is 0 Å². The summed E-state index contributed by atoms with van der Waals surface area (Å²) in [4.78, 5) is 17.1. The average Bonchev–Trinajstić information content (AvgIpc) is 2.66. The number of para-hydroxylation sites is 1. The van der Waals surface area contributed by atoms with Crippen LogP contribution in [0.15, 0.2) is 83.7 Å². The Bertz CT molecular complexity index is 1080. The molecule has 0 N–H and O–H groups in total. The molecule has 0 spiro atoms. The zero-order valence-electron chi connectivity index (χ0n) is 14.0. The lowest BCUT2D eigenvalue weighted by atomic mass is 10.1. The van der Waals surface area contributed by atoms with Gasteiger partial charge in [0.1, 0.15) is 0 Å². The second-order valence-electron chi connectivity index (χ2n) is 6.20. The Morgan fingerprint density at radius 2 is 1.52 bits per heavy atom. The molecular formula is C22H18N2O. The molecule has 0 radical (unpaired) electrons. The van der Waals surface area contributed by atoms with Crippen LogP contribution < -0.4 is 5.69 Å². The van der Waals surface area contributed by atoms with E-state index in [9.17, 15) is 4.79 Å². The van der Waals surface area contributed by atoms with E-state index in [2.05, 4.69) is 36.2 Å². The Balaban J connectivity index is 1.91. The van der Waals surface area contributed by atoms with Crippen LogP contribution in [0.25, 0.3) is 22.2 Å². The first kappa shape index (κ1) is 15.3. The molecule has 0 unspecified atom stereocenters. The van der Waals surface area contributed by atoms with Crippen LogP contribution in [0.4, 0.5) is 0 Å². The van der Waals surface area contributed by atoms with Crippen molar-refractivity contribution in [2.45, 2.75) is 13.5 Å². The first-order chi connectivity index (χ1) is 12.2. The number of benzene rings is 3. The van der Waals surface area contributed by atoms with Gasteiger partial charge in [0.05, 0.1) is 17.8 Å². The van der Waals surface area contributed by atoms with Crippen molar-refractivity contribution in [3.05, 3.63) is 100 Å². The average molecular weight is 326 g/mol. The third-order valence-electron chi connectivity index (χ3n) is 4.40. The van der Waals surface area contributed by atoms with E-state index in [4.69, 9.17) is 0 Å². The largest absolute Gasteiger partial charge is 0.348 e. The van der Waals surface area contributed by atoms with E-state index in [1.807, 2.05) is 54.6 Å². The minimum atomic E-state index is -0.224. The fraction of sp³-hybridized carbons (Fsp3) is 0.0909. The summed E-state index contributed by atoms with van der Waals surface area (Å²) in [6, 6.07) is 26.1. The molecule has 3 heteroatoms. The normalized spacial score (nSPS) is 10.9. The van der Waals surface area contributed by atoms with Gasteiger partial charge < -0.3 is 0 Å². The molecule has 0 fully saturated rings. The lowest BCUT2D eigenvalue weighted by molar-refractivity contribution is 0.763. The van der Waals surface area contributed by atoms with Gasteiger partial charge in [-0.2, -0.15) is 4.98 Å². The first-order valence-electron chi connectivity index (χ1n) is 8.33. The number of aromatic nitrogens is 2. The van der Waals surface area contributed by atoms with Crippen molar-refractivity contribution in [2.75, 3.05) is 0 Å². The summed E-state index contributed by atoms with van der Waals surface area (Å²) in [7, 11) is 0. The van der Waals surface area contributed by atoms with Gasteiger partial charge >= 0.3 is 5.69 Å². The quantitative estimate of drug-likeness (QED) is 0.558. The van der Waals surface area contributed by atoms with Crippen molar-refractivity contribution in [2.24, 2.45) is 0 Å². The topological polar surface area (TPSA) is 34.9 Å². The van der Waals surface area contributed by atoms with Crippen LogP contribution >= 0.6 is 0 Å². The predicted molar refractivity (Wildman–Crippen MR) is 102 cm³/mol. The van der Waals surface area contributed by atoms with Crippen molar-refractivity contribution in [3.63, 3.8) is 0 Å². The molecule has 0 saturated heterocycles. The highest BCUT2D eigenvalue weighted by molar-refractivity contribution is 5.92. The molecule has 0 bridgehead atoms. The SMILES string of the molecule is Cc1ccc(Cn2c(=O)nc(-c3ccccc3)c3ccccc32)cc1. The molecular weight excluding hydrogens is 308 g/mol. The zero-order valence-corrected chi connectivity index (χ0v) is 14.0. The minimum Gasteiger partial charge on any atom is -0.287 e. The monoisotopic (exact) mass is 326 g/mol. The fourth-order valence-corrected chi connectivity index (χ4v) is 3.07. The maximum absolute atomic E-state index is 12.8. The van der Waals surface area contributed by atoms with Crippen molar-refractivity contribution in [1.82, 2.24) is 9.55 Å². The molecule has 0 atom stereocenters. The van der Waals surface area contributed by atoms with Crippen molar-refractivity contribution >= 4 is 10.9 Å². The van der Waals surface area contributed by atoms with Crippen LogP contribution in [-0.2, 0) is 6.54 Å². The maximum atomic E-state index is 12.8. The van der Waals surface area contributed by atoms with Gasteiger partial charge in [-0.05, 0) is 18.6 Å². The summed E-state index contributed by atoms with van der Waals surface area (Å²) in [6.45, 7) is 2.57. The van der Waals surface area contributed by atoms with Crippen molar-refractivity contribution in [1.29, 1.82) is 0 Å². The second-order valence-corrected chi connectivity index (χ2v) is 6.20. The molecule has 3 nitrogen and oxygen atoms in total. The minimum absolute atomic E-state index is 0.224. The molecule has 1 heterocycles. The van der Waals surface area contributed by atoms with Gasteiger partial charge in [-0.1, -0.05) is 78.4 Å². The molecule has 0 saturated carbocycles. The molecule has 0 aliphatic carbocycles. The molecule has 4 rings (SSSR count). The number of rotatable bonds is 3. The van der Waals surface area contributed by atoms with Crippen LogP contribution in [-0.4, -0.2) is 9.55 Å². The summed E-state index contributed by atoms with van der Waals surface area (Å²) in [6.07, 6.45) is 0. The maximum Gasteiger partial charge on any atom is 0.348 e. The molecule has 0 aliphatic rings. The van der Waals surface area contributed by atoms with Gasteiger partial charge in [-0.3, -0.25) is 4.57 Å². The number of hydrogen-bond acceptors (Lipinski definition) is 2. The van der Waals surface area contributed by atoms with Crippen LogP contribution in [0.2, 0.25) is 0 Å². The van der Waals surface area contributed by atoms with Crippen molar-refractivity contribution < 1.29 is 0 Å². The number of aryl methyl sites for hydroxylation is 1. The second kappa shape index (κ2) is 6.36. The Kier molecular flexibility index (Phi) is 3.90. The van der Waals surface area contributed by atoms with Crippen LogP contribution in [0.3, 0.4) is 0 Å². The molecule has 1 aromatic heterocycles. The third-order valence-corrected chi connectivity index (χ3v) is 4.40. The van der Waals surface area contributed by atoms with E-state index in [-0.39, 0.29) is 5.69 Å². The molecule has 3 aromatic carbocycles. The summed E-state index contributed by atoms with van der Waals surface area (Å²) in [5.41, 5.74) is 4.67. The van der Waals surface area contributed by atoms with Crippen LogP contribution in [0.5, 0.6) is 0 Å². The first-order valence-corrected chi connectivity index (χ1v) is 8.33. The number of hydrogen-bond donors (Lipinski definition) is 0. The molecule has 4 aromatic rings. The van der Waals surface area contributed by atoms with E-state index in [1.54, 1.807) is 4.57 Å². The fourth-order valence-electron chi connectivity index (χ4n) is 3.07. The Morgan fingerprint density at radius 1 is 0.840 bits per heavy atom. The van der Waals surface area contributed by atoms with E-state index in [0.29, 0.717) is 6.54 Å². The zero-order chi connectivity index (χ0) is 17.2. The highest BCUT2D eigenvalue weighted by atomic mass is 16.1. The Labute approximate surface area is 146 Å². The van der Waals surface area contributed by atoms with Crippen LogP contribution in [0.1, 0.15) is 11.1 Å². The summed E-state index contributed by atoms with van der Waals surface area (Å²) >= 11 is 0. The lowest BCUT2D eigenvalue weighted by Crippen LogP contribution is -2.24. The Morgan fingerprint density at radius 3 is 2.28 bits per heavy atom. The van der Waals surface area contributed by atoms with Gasteiger partial charge in [-0.25, -0.2) is 4.79 Å². The van der Waals surface area contributed by atoms with Crippen molar-refractivity contribution in [3.8, 4) is 11.3 Å². The number of fused-ring (bicyclic) bond motifs is 1. The molecule has 0 aliphatic heterocycles. The Hall–Kier alpha value is -3.20. The summed E-state index contributed by atoms with van der Waals surface area (Å²) in [5.74, 6) is 0. The van der Waals surface area contributed by atoms with Gasteiger partial charge in [0.15, 0.2) is 0 Å². The molecule has 122 valence electrons. The molecule has 0 amide bonds. The number of nitrogens with zero attached hydrogens (tertiary/aromatic N) is 2. The van der Waals surface area contributed by atoms with E-state index in [0.717, 1.165) is 27.7 Å². The van der Waals surface area contributed by atoms with E-state index >= 15 is 0 Å². The summed E-state index contributed by atoms with van der Waals surface area (Å²) in [5, 5.41) is 0.986. The predicted octanol–water partition coefficient (Wildman–Crippen LogP) is 4.42. The molecule has 25 heavy (non-hydrogen) atoms. The third kappa shape index (κ3) is 2.96. The van der Waals surface area contributed by atoms with Gasteiger partial charge in [0.25, 0.3) is 0 Å². The smallest absolute Gasteiger partial charge is 0.287 e.